The lowest BCUT2D eigenvalue weighted by molar-refractivity contribution is 0.456. The lowest BCUT2D eigenvalue weighted by atomic mass is 10.1. The van der Waals surface area contributed by atoms with Crippen LogP contribution in [0.25, 0.3) is 0 Å². The van der Waals surface area contributed by atoms with Gasteiger partial charge in [0.25, 0.3) is 0 Å². The van der Waals surface area contributed by atoms with E-state index in [0.717, 1.165) is 85.6 Å². The van der Waals surface area contributed by atoms with E-state index in [1.54, 1.807) is 0 Å². The molecule has 0 bridgehead atoms. The van der Waals surface area contributed by atoms with Crippen molar-refractivity contribution in [2.75, 3.05) is 112 Å². The number of hydrogen-bond acceptors (Lipinski definition) is 13. The first kappa shape index (κ1) is 34.4. The van der Waals surface area contributed by atoms with Gasteiger partial charge in [-0.3, -0.25) is 0 Å². The highest BCUT2D eigenvalue weighted by Gasteiger charge is 2.33. The molecule has 0 saturated carbocycles. The molecule has 8 rings (SSSR count). The summed E-state index contributed by atoms with van der Waals surface area (Å²) in [6.45, 7) is 13.4. The van der Waals surface area contributed by atoms with Crippen LogP contribution in [-0.4, -0.2) is 112 Å². The molecule has 6 aliphatic rings. The van der Waals surface area contributed by atoms with Crippen LogP contribution in [0.5, 0.6) is 11.5 Å². The highest BCUT2D eigenvalue weighted by atomic mass is 16.5. The van der Waals surface area contributed by atoms with Gasteiger partial charge in [0.2, 0.25) is 0 Å². The second-order valence-corrected chi connectivity index (χ2v) is 15.3. The van der Waals surface area contributed by atoms with Crippen LogP contribution in [0.3, 0.4) is 0 Å². The lowest BCUT2D eigenvalue weighted by Gasteiger charge is -2.33. The Morgan fingerprint density at radius 2 is 0.679 bits per heavy atom. The summed E-state index contributed by atoms with van der Waals surface area (Å²) in [5.74, 6) is 1.61. The quantitative estimate of drug-likeness (QED) is 0.316. The molecule has 53 heavy (non-hydrogen) atoms. The lowest BCUT2D eigenvalue weighted by Crippen LogP contribution is -2.29. The fraction of sp³-hybridized carbons (Fsp3) is 0.400. The summed E-state index contributed by atoms with van der Waals surface area (Å²) in [6, 6.07) is 9.15. The molecule has 0 unspecified atom stereocenters. The van der Waals surface area contributed by atoms with Gasteiger partial charge in [0.15, 0.2) is 11.5 Å². The molecule has 2 aromatic carbocycles. The average molecular weight is 719 g/mol. The van der Waals surface area contributed by atoms with Crippen molar-refractivity contribution >= 4 is 34.1 Å². The minimum Gasteiger partial charge on any atom is -0.453 e. The van der Waals surface area contributed by atoms with E-state index in [0.29, 0.717) is 0 Å². The maximum atomic E-state index is 7.40. The molecule has 0 spiro atoms. The van der Waals surface area contributed by atoms with Gasteiger partial charge >= 0.3 is 0 Å². The van der Waals surface area contributed by atoms with Crippen LogP contribution in [-0.2, 0) is 0 Å². The standard InChI is InChI=1S/C40H54N12O/c1-29-31(3)51(27-45(29)9)35-21-39(37(49-17-13-43(7)25-49)19-33(35)47-15-11-41(5)23-47)53-40-22-36(52-28-46(10)30(2)32(52)4)34(48-16-12-42(6)24-48)20-38(40)50-18-14-44(8)26-50/h11-22H,23-28H2,1-10H3. The molecular weight excluding hydrogens is 665 g/mol. The molecule has 0 saturated heterocycles. The molecule has 0 atom stereocenters. The molecule has 0 aliphatic carbocycles. The highest BCUT2D eigenvalue weighted by molar-refractivity contribution is 5.86. The summed E-state index contributed by atoms with van der Waals surface area (Å²) in [5.41, 5.74) is 11.5. The van der Waals surface area contributed by atoms with Gasteiger partial charge in [-0.05, 0) is 39.8 Å². The van der Waals surface area contributed by atoms with Crippen molar-refractivity contribution in [2.24, 2.45) is 0 Å². The summed E-state index contributed by atoms with van der Waals surface area (Å²) >= 11 is 0. The Balaban J connectivity index is 1.33. The molecule has 280 valence electrons. The number of hydrogen-bond donors (Lipinski definition) is 0. The fourth-order valence-electron chi connectivity index (χ4n) is 7.76. The minimum absolute atomic E-state index is 0.726. The second-order valence-electron chi connectivity index (χ2n) is 15.3. The third kappa shape index (κ3) is 6.07. The predicted molar refractivity (Wildman–Crippen MR) is 217 cm³/mol. The number of benzene rings is 2. The zero-order valence-electron chi connectivity index (χ0n) is 32.9. The largest absolute Gasteiger partial charge is 0.453 e. The summed E-state index contributed by atoms with van der Waals surface area (Å²) in [7, 11) is 12.8. The molecule has 6 aliphatic heterocycles. The van der Waals surface area contributed by atoms with E-state index in [1.807, 2.05) is 0 Å². The van der Waals surface area contributed by atoms with E-state index < -0.39 is 0 Å². The average Bonchev–Trinajstić information content (AvgIpc) is 4.00. The first-order chi connectivity index (χ1) is 25.4. The number of allylic oxidation sites excluding steroid dienone is 4. The second kappa shape index (κ2) is 13.0. The Labute approximate surface area is 315 Å². The Bertz CT molecular complexity index is 1840. The first-order valence-electron chi connectivity index (χ1n) is 18.3. The predicted octanol–water partition coefficient (Wildman–Crippen LogP) is 6.12. The molecule has 0 fully saturated rings. The topological polar surface area (TPSA) is 48.1 Å². The van der Waals surface area contributed by atoms with E-state index in [-0.39, 0.29) is 0 Å². The van der Waals surface area contributed by atoms with E-state index in [4.69, 9.17) is 4.74 Å². The van der Waals surface area contributed by atoms with Crippen LogP contribution in [0.4, 0.5) is 34.1 Å². The van der Waals surface area contributed by atoms with Crippen molar-refractivity contribution in [2.45, 2.75) is 27.7 Å². The Kier molecular flexibility index (Phi) is 8.46. The summed E-state index contributed by atoms with van der Waals surface area (Å²) < 4.78 is 7.40. The molecule has 0 N–H and O–H groups in total. The van der Waals surface area contributed by atoms with Gasteiger partial charge in [-0.2, -0.15) is 0 Å². The van der Waals surface area contributed by atoms with Crippen molar-refractivity contribution < 1.29 is 4.74 Å². The Morgan fingerprint density at radius 3 is 0.943 bits per heavy atom. The summed E-state index contributed by atoms with van der Waals surface area (Å²) in [6.07, 6.45) is 17.2. The number of anilines is 6. The highest BCUT2D eigenvalue weighted by Crippen LogP contribution is 2.50. The zero-order valence-corrected chi connectivity index (χ0v) is 32.9. The number of rotatable bonds is 8. The van der Waals surface area contributed by atoms with Crippen LogP contribution in [0.1, 0.15) is 27.7 Å². The molecule has 0 amide bonds. The van der Waals surface area contributed by atoms with Crippen LogP contribution < -0.4 is 34.1 Å². The van der Waals surface area contributed by atoms with Crippen molar-refractivity contribution in [3.8, 4) is 11.5 Å². The Hall–Kier alpha value is -5.72. The van der Waals surface area contributed by atoms with E-state index in [9.17, 15) is 0 Å². The zero-order chi connectivity index (χ0) is 37.3. The van der Waals surface area contributed by atoms with Crippen LogP contribution in [0, 0.1) is 0 Å². The minimum atomic E-state index is 0.726. The molecule has 2 aromatic rings. The number of ether oxygens (including phenoxy) is 1. The third-order valence-electron chi connectivity index (χ3n) is 11.4. The SMILES string of the molecule is CC1=C(C)N(c2cc(Oc3cc(N4CN(C)C(C)=C4C)c(N4C=CN(C)C4)cc3N3C=CN(C)C3)c(N3C=CN(C)C3)cc2N2C=CN(C)C2)CN1C. The van der Waals surface area contributed by atoms with E-state index in [1.165, 1.54) is 22.8 Å². The molecule has 0 aromatic heterocycles. The molecule has 6 heterocycles. The van der Waals surface area contributed by atoms with Gasteiger partial charge in [-0.1, -0.05) is 0 Å². The molecule has 0 radical (unpaired) electrons. The molecule has 13 heteroatoms. The monoisotopic (exact) mass is 718 g/mol. The van der Waals surface area contributed by atoms with Gasteiger partial charge in [-0.15, -0.1) is 0 Å². The maximum Gasteiger partial charge on any atom is 0.153 e. The normalized spacial score (nSPS) is 20.0. The van der Waals surface area contributed by atoms with Gasteiger partial charge in [0.1, 0.15) is 0 Å². The first-order valence-corrected chi connectivity index (χ1v) is 18.3. The maximum absolute atomic E-state index is 7.40. The smallest absolute Gasteiger partial charge is 0.153 e. The molecular formula is C40H54N12O. The van der Waals surface area contributed by atoms with Gasteiger partial charge in [0.05, 0.1) is 74.1 Å². The van der Waals surface area contributed by atoms with Gasteiger partial charge < -0.3 is 63.5 Å². The third-order valence-corrected chi connectivity index (χ3v) is 11.4. The Morgan fingerprint density at radius 1 is 0.358 bits per heavy atom. The fourth-order valence-corrected chi connectivity index (χ4v) is 7.76. The van der Waals surface area contributed by atoms with Crippen LogP contribution >= 0.6 is 0 Å². The summed E-state index contributed by atoms with van der Waals surface area (Å²) in [4.78, 5) is 27.5. The van der Waals surface area contributed by atoms with Gasteiger partial charge in [-0.25, -0.2) is 0 Å². The van der Waals surface area contributed by atoms with Gasteiger partial charge in [0, 0.05) is 127 Å². The van der Waals surface area contributed by atoms with Crippen molar-refractivity contribution in [1.29, 1.82) is 0 Å². The summed E-state index contributed by atoms with van der Waals surface area (Å²) in [5, 5.41) is 0. The van der Waals surface area contributed by atoms with Crippen LogP contribution in [0.15, 0.2) is 96.7 Å². The number of nitrogens with zero attached hydrogens (tertiary/aromatic N) is 12. The van der Waals surface area contributed by atoms with Crippen molar-refractivity contribution in [3.05, 3.63) is 96.7 Å². The van der Waals surface area contributed by atoms with Crippen molar-refractivity contribution in [3.63, 3.8) is 0 Å². The molecule has 13 nitrogen and oxygen atoms in total. The van der Waals surface area contributed by atoms with Crippen LogP contribution in [0.2, 0.25) is 0 Å². The van der Waals surface area contributed by atoms with Crippen molar-refractivity contribution in [1.82, 2.24) is 29.4 Å². The van der Waals surface area contributed by atoms with E-state index in [2.05, 4.69) is 203 Å². The van der Waals surface area contributed by atoms with E-state index >= 15 is 0 Å².